The molecule has 31 heavy (non-hydrogen) atoms. The van der Waals surface area contributed by atoms with Crippen molar-refractivity contribution < 1.29 is 29.3 Å². The second-order valence-corrected chi connectivity index (χ2v) is 11.1. The van der Waals surface area contributed by atoms with Crippen LogP contribution in [0.2, 0.25) is 0 Å². The van der Waals surface area contributed by atoms with Gasteiger partial charge in [-0.15, -0.1) is 0 Å². The molecule has 0 aromatic heterocycles. The Bertz CT molecular complexity index is 892. The lowest BCUT2D eigenvalue weighted by molar-refractivity contribution is -0.163. The summed E-state index contributed by atoms with van der Waals surface area (Å²) in [7, 11) is 1.45. The Hall–Kier alpha value is -1.66. The van der Waals surface area contributed by atoms with E-state index in [4.69, 9.17) is 9.47 Å². The fourth-order valence-corrected chi connectivity index (χ4v) is 8.31. The summed E-state index contributed by atoms with van der Waals surface area (Å²) in [6.45, 7) is 8.56. The van der Waals surface area contributed by atoms with Crippen LogP contribution >= 0.6 is 0 Å². The highest BCUT2D eigenvalue weighted by Gasteiger charge is 2.82. The zero-order valence-electron chi connectivity index (χ0n) is 18.8. The Kier molecular flexibility index (Phi) is 4.41. The van der Waals surface area contributed by atoms with Crippen molar-refractivity contribution in [2.24, 2.45) is 28.6 Å². The molecule has 1 heterocycles. The van der Waals surface area contributed by atoms with Gasteiger partial charge in [0.15, 0.2) is 0 Å². The molecule has 4 aliphatic carbocycles. The molecular formula is C25H34O6. The lowest BCUT2D eigenvalue weighted by atomic mass is 9.43. The lowest BCUT2D eigenvalue weighted by Gasteiger charge is -2.58. The van der Waals surface area contributed by atoms with E-state index < -0.39 is 22.6 Å². The molecule has 4 fully saturated rings. The van der Waals surface area contributed by atoms with Crippen molar-refractivity contribution in [3.63, 3.8) is 0 Å². The summed E-state index contributed by atoms with van der Waals surface area (Å²) in [5.74, 6) is -1.34. The average Bonchev–Trinajstić information content (AvgIpc) is 3.38. The molecule has 0 aromatic rings. The Labute approximate surface area is 183 Å². The number of carbonyl (C=O) groups excluding carboxylic acids is 1. The zero-order chi connectivity index (χ0) is 22.4. The summed E-state index contributed by atoms with van der Waals surface area (Å²) < 4.78 is 11.9. The number of aliphatic carboxylic acids is 1. The zero-order valence-corrected chi connectivity index (χ0v) is 18.8. The van der Waals surface area contributed by atoms with Gasteiger partial charge in [0.2, 0.25) is 0 Å². The van der Waals surface area contributed by atoms with E-state index in [2.05, 4.69) is 26.5 Å². The van der Waals surface area contributed by atoms with E-state index >= 15 is 0 Å². The predicted octanol–water partition coefficient (Wildman–Crippen LogP) is 3.63. The van der Waals surface area contributed by atoms with Crippen LogP contribution in [0.5, 0.6) is 0 Å². The maximum atomic E-state index is 13.0. The van der Waals surface area contributed by atoms with E-state index in [1.165, 1.54) is 12.7 Å². The van der Waals surface area contributed by atoms with Crippen molar-refractivity contribution in [3.05, 3.63) is 23.8 Å². The molecule has 3 saturated carbocycles. The summed E-state index contributed by atoms with van der Waals surface area (Å²) in [5, 5.41) is 20.9. The SMILES string of the molecule is C=C1C=C2C[C@@H](C(=O)OC)[C@H]3[C@@H]4CC[C@@](O)(CCC(=O)O)[C@@]4(C)C[C@H]4O[C@@]34[C@@]2(C)CC1. The Balaban J connectivity index is 1.59. The van der Waals surface area contributed by atoms with E-state index in [-0.39, 0.29) is 48.1 Å². The van der Waals surface area contributed by atoms with Crippen LogP contribution in [0.1, 0.15) is 65.2 Å². The predicted molar refractivity (Wildman–Crippen MR) is 113 cm³/mol. The monoisotopic (exact) mass is 430 g/mol. The fraction of sp³-hybridized carbons (Fsp3) is 0.760. The maximum Gasteiger partial charge on any atom is 0.309 e. The van der Waals surface area contributed by atoms with Crippen LogP contribution in [-0.2, 0) is 19.1 Å². The van der Waals surface area contributed by atoms with Gasteiger partial charge in [0, 0.05) is 23.2 Å². The number of hydrogen-bond donors (Lipinski definition) is 2. The van der Waals surface area contributed by atoms with Gasteiger partial charge in [-0.25, -0.2) is 0 Å². The van der Waals surface area contributed by atoms with Gasteiger partial charge >= 0.3 is 11.9 Å². The second-order valence-electron chi connectivity index (χ2n) is 11.1. The Morgan fingerprint density at radius 3 is 2.74 bits per heavy atom. The molecule has 5 rings (SSSR count). The number of ether oxygens (including phenoxy) is 2. The van der Waals surface area contributed by atoms with Gasteiger partial charge in [0.25, 0.3) is 0 Å². The third-order valence-electron chi connectivity index (χ3n) is 10.1. The van der Waals surface area contributed by atoms with Crippen molar-refractivity contribution in [1.29, 1.82) is 0 Å². The molecule has 6 heteroatoms. The number of hydrogen-bond acceptors (Lipinski definition) is 5. The van der Waals surface area contributed by atoms with Crippen LogP contribution in [0.15, 0.2) is 23.8 Å². The fourth-order valence-electron chi connectivity index (χ4n) is 8.31. The molecule has 2 N–H and O–H groups in total. The number of epoxide rings is 1. The van der Waals surface area contributed by atoms with E-state index in [0.717, 1.165) is 24.8 Å². The van der Waals surface area contributed by atoms with Crippen LogP contribution in [-0.4, -0.2) is 46.6 Å². The third-order valence-corrected chi connectivity index (χ3v) is 10.1. The molecule has 0 aromatic carbocycles. The number of carbonyl (C=O) groups is 2. The molecule has 0 bridgehead atoms. The average molecular weight is 431 g/mol. The van der Waals surface area contributed by atoms with E-state index in [1.54, 1.807) is 0 Å². The summed E-state index contributed by atoms with van der Waals surface area (Å²) in [6.07, 6.45) is 6.95. The van der Waals surface area contributed by atoms with E-state index in [1.807, 2.05) is 0 Å². The number of rotatable bonds is 4. The standard InChI is InChI=1S/C25H34O6/c1-14-5-8-22(2)15(11-14)12-16(21(28)30-4)20-17-6-9-24(29,10-7-19(26)27)23(17,3)13-18-25(20,22)31-18/h11,16-18,20,29H,1,5-10,12-13H2,2-4H3,(H,26,27)/t16-,17+,18-,20+,22+,23+,24-,25-/m1/s1. The van der Waals surface area contributed by atoms with Crippen LogP contribution in [0.25, 0.3) is 0 Å². The minimum absolute atomic E-state index is 0.0274. The highest BCUT2D eigenvalue weighted by atomic mass is 16.6. The molecule has 170 valence electrons. The summed E-state index contributed by atoms with van der Waals surface area (Å²) in [6, 6.07) is 0. The minimum Gasteiger partial charge on any atom is -0.481 e. The van der Waals surface area contributed by atoms with Crippen LogP contribution < -0.4 is 0 Å². The quantitative estimate of drug-likeness (QED) is 0.522. The molecule has 0 radical (unpaired) electrons. The van der Waals surface area contributed by atoms with Crippen LogP contribution in [0.4, 0.5) is 0 Å². The van der Waals surface area contributed by atoms with Crippen LogP contribution in [0, 0.1) is 28.6 Å². The van der Waals surface area contributed by atoms with Gasteiger partial charge in [-0.05, 0) is 50.9 Å². The van der Waals surface area contributed by atoms with E-state index in [0.29, 0.717) is 19.3 Å². The van der Waals surface area contributed by atoms with Gasteiger partial charge in [-0.3, -0.25) is 9.59 Å². The highest BCUT2D eigenvalue weighted by Crippen LogP contribution is 2.77. The largest absolute Gasteiger partial charge is 0.481 e. The van der Waals surface area contributed by atoms with Crippen LogP contribution in [0.3, 0.4) is 0 Å². The number of aliphatic hydroxyl groups is 1. The number of carboxylic acids is 1. The maximum absolute atomic E-state index is 13.0. The molecule has 6 nitrogen and oxygen atoms in total. The molecule has 1 saturated heterocycles. The molecule has 5 aliphatic rings. The van der Waals surface area contributed by atoms with Gasteiger partial charge in [0.05, 0.1) is 24.7 Å². The number of fused-ring (bicyclic) bond motifs is 3. The molecule has 1 aliphatic heterocycles. The number of carboxylic acid groups (broad SMARTS) is 1. The number of allylic oxidation sites excluding steroid dienone is 2. The van der Waals surface area contributed by atoms with Gasteiger partial charge in [0.1, 0.15) is 5.60 Å². The Morgan fingerprint density at radius 1 is 1.32 bits per heavy atom. The van der Waals surface area contributed by atoms with Crippen molar-refractivity contribution in [1.82, 2.24) is 0 Å². The van der Waals surface area contributed by atoms with Gasteiger partial charge in [-0.2, -0.15) is 0 Å². The first kappa shape index (κ1) is 21.2. The topological polar surface area (TPSA) is 96.4 Å². The smallest absolute Gasteiger partial charge is 0.309 e. The van der Waals surface area contributed by atoms with Gasteiger partial charge < -0.3 is 19.7 Å². The lowest BCUT2D eigenvalue weighted by Crippen LogP contribution is -2.63. The summed E-state index contributed by atoms with van der Waals surface area (Å²) in [4.78, 5) is 24.3. The van der Waals surface area contributed by atoms with Crippen molar-refractivity contribution in [2.75, 3.05) is 7.11 Å². The molecule has 0 amide bonds. The first-order valence-corrected chi connectivity index (χ1v) is 11.6. The summed E-state index contributed by atoms with van der Waals surface area (Å²) >= 11 is 0. The number of esters is 1. The molecule has 0 unspecified atom stereocenters. The first-order chi connectivity index (χ1) is 14.5. The van der Waals surface area contributed by atoms with Crippen molar-refractivity contribution in [2.45, 2.75) is 82.5 Å². The second kappa shape index (κ2) is 6.44. The molecular weight excluding hydrogens is 396 g/mol. The molecule has 8 atom stereocenters. The first-order valence-electron chi connectivity index (χ1n) is 11.6. The summed E-state index contributed by atoms with van der Waals surface area (Å²) in [5.41, 5.74) is 0.288. The minimum atomic E-state index is -1.05. The third kappa shape index (κ3) is 2.52. The molecule has 1 spiro atoms. The van der Waals surface area contributed by atoms with Gasteiger partial charge in [-0.1, -0.05) is 37.6 Å². The Morgan fingerprint density at radius 2 is 2.06 bits per heavy atom. The van der Waals surface area contributed by atoms with E-state index in [9.17, 15) is 19.8 Å². The van der Waals surface area contributed by atoms with Crippen molar-refractivity contribution in [3.8, 4) is 0 Å². The number of methoxy groups -OCH3 is 1. The normalized spacial score (nSPS) is 49.8. The van der Waals surface area contributed by atoms with Crippen molar-refractivity contribution >= 4 is 11.9 Å². The highest BCUT2D eigenvalue weighted by molar-refractivity contribution is 5.75.